The van der Waals surface area contributed by atoms with Crippen LogP contribution >= 0.6 is 0 Å². The second kappa shape index (κ2) is 12.9. The van der Waals surface area contributed by atoms with Gasteiger partial charge in [-0.15, -0.1) is 0 Å². The van der Waals surface area contributed by atoms with Crippen LogP contribution in [0, 0.1) is 17.8 Å². The Morgan fingerprint density at radius 2 is 1.76 bits per heavy atom. The highest BCUT2D eigenvalue weighted by atomic mass is 16.5. The first-order valence-electron chi connectivity index (χ1n) is 11.9. The number of rotatable bonds is 12. The SMILES string of the molecule is COC(=O)C=CCc1c(C(C)(C)C)ccc(C[C@@H](C[C@H](N)[C@@H](O)CC(C)C(=O)O)C(C)C)c1O. The number of aliphatic hydroxyl groups excluding tert-OH is 1. The molecule has 0 radical (unpaired) electrons. The van der Waals surface area contributed by atoms with Crippen molar-refractivity contribution in [3.8, 4) is 5.75 Å². The van der Waals surface area contributed by atoms with Crippen LogP contribution in [0.4, 0.5) is 0 Å². The summed E-state index contributed by atoms with van der Waals surface area (Å²) in [5.41, 5.74) is 8.61. The number of phenolic OH excluding ortho intramolecular Hbond substituents is 1. The summed E-state index contributed by atoms with van der Waals surface area (Å²) in [7, 11) is 1.32. The smallest absolute Gasteiger partial charge is 0.330 e. The first-order chi connectivity index (χ1) is 15.7. The van der Waals surface area contributed by atoms with E-state index in [1.165, 1.54) is 13.2 Å². The molecule has 0 saturated heterocycles. The quantitative estimate of drug-likeness (QED) is 0.265. The Balaban J connectivity index is 3.17. The number of carboxylic acid groups (broad SMARTS) is 1. The molecule has 0 fully saturated rings. The average molecular weight is 478 g/mol. The molecule has 0 heterocycles. The summed E-state index contributed by atoms with van der Waals surface area (Å²) in [4.78, 5) is 22.6. The normalized spacial score (nSPS) is 15.8. The summed E-state index contributed by atoms with van der Waals surface area (Å²) < 4.78 is 4.66. The van der Waals surface area contributed by atoms with Gasteiger partial charge in [-0.2, -0.15) is 0 Å². The lowest BCUT2D eigenvalue weighted by molar-refractivity contribution is -0.142. The molecule has 0 saturated carbocycles. The number of carbonyl (C=O) groups is 2. The van der Waals surface area contributed by atoms with E-state index in [0.717, 1.165) is 16.7 Å². The van der Waals surface area contributed by atoms with Crippen molar-refractivity contribution >= 4 is 11.9 Å². The fourth-order valence-corrected chi connectivity index (χ4v) is 4.12. The second-order valence-corrected chi connectivity index (χ2v) is 10.6. The molecule has 0 aromatic heterocycles. The van der Waals surface area contributed by atoms with Crippen LogP contribution in [0.5, 0.6) is 5.75 Å². The van der Waals surface area contributed by atoms with Gasteiger partial charge < -0.3 is 25.8 Å². The van der Waals surface area contributed by atoms with Gasteiger partial charge >= 0.3 is 11.9 Å². The van der Waals surface area contributed by atoms with Gasteiger partial charge in [0.15, 0.2) is 0 Å². The Hall–Kier alpha value is -2.38. The van der Waals surface area contributed by atoms with Crippen LogP contribution in [-0.4, -0.2) is 46.5 Å². The Bertz CT molecular complexity index is 855. The van der Waals surface area contributed by atoms with Gasteiger partial charge in [-0.05, 0) is 54.1 Å². The highest BCUT2D eigenvalue weighted by Crippen LogP contribution is 2.37. The van der Waals surface area contributed by atoms with Gasteiger partial charge in [0.25, 0.3) is 0 Å². The summed E-state index contributed by atoms with van der Waals surface area (Å²) in [6.45, 7) is 11.9. The number of nitrogens with two attached hydrogens (primary N) is 1. The summed E-state index contributed by atoms with van der Waals surface area (Å²) in [5.74, 6) is -1.55. The number of allylic oxidation sites excluding steroid dienone is 1. The molecule has 0 aliphatic heterocycles. The molecule has 0 bridgehead atoms. The molecule has 1 aromatic carbocycles. The van der Waals surface area contributed by atoms with Gasteiger partial charge in [-0.25, -0.2) is 4.79 Å². The van der Waals surface area contributed by atoms with Crippen molar-refractivity contribution < 1.29 is 29.6 Å². The van der Waals surface area contributed by atoms with E-state index >= 15 is 0 Å². The molecule has 5 N–H and O–H groups in total. The summed E-state index contributed by atoms with van der Waals surface area (Å²) in [6, 6.07) is 3.40. The molecular weight excluding hydrogens is 434 g/mol. The van der Waals surface area contributed by atoms with Crippen molar-refractivity contribution in [2.75, 3.05) is 7.11 Å². The third-order valence-electron chi connectivity index (χ3n) is 6.46. The predicted octanol–water partition coefficient (Wildman–Crippen LogP) is 3.97. The average Bonchev–Trinajstić information content (AvgIpc) is 2.73. The van der Waals surface area contributed by atoms with Crippen molar-refractivity contribution in [2.24, 2.45) is 23.5 Å². The third-order valence-corrected chi connectivity index (χ3v) is 6.46. The molecule has 4 atom stereocenters. The Morgan fingerprint density at radius 3 is 2.26 bits per heavy atom. The number of carbonyl (C=O) groups excluding carboxylic acids is 1. The topological polar surface area (TPSA) is 130 Å². The van der Waals surface area contributed by atoms with E-state index < -0.39 is 30.0 Å². The Labute approximate surface area is 204 Å². The molecule has 0 aliphatic rings. The predicted molar refractivity (Wildman–Crippen MR) is 134 cm³/mol. The van der Waals surface area contributed by atoms with Crippen LogP contribution in [0.2, 0.25) is 0 Å². The molecule has 192 valence electrons. The van der Waals surface area contributed by atoms with Crippen molar-refractivity contribution in [1.29, 1.82) is 0 Å². The lowest BCUT2D eigenvalue weighted by Crippen LogP contribution is -2.39. The third kappa shape index (κ3) is 8.76. The molecule has 1 rings (SSSR count). The van der Waals surface area contributed by atoms with Crippen molar-refractivity contribution in [1.82, 2.24) is 0 Å². The number of ether oxygens (including phenoxy) is 1. The lowest BCUT2D eigenvalue weighted by atomic mass is 9.78. The molecule has 34 heavy (non-hydrogen) atoms. The van der Waals surface area contributed by atoms with Gasteiger partial charge in [0.2, 0.25) is 0 Å². The van der Waals surface area contributed by atoms with E-state index in [4.69, 9.17) is 10.8 Å². The molecular formula is C27H43NO6. The lowest BCUT2D eigenvalue weighted by Gasteiger charge is -2.29. The van der Waals surface area contributed by atoms with E-state index in [0.29, 0.717) is 19.3 Å². The van der Waals surface area contributed by atoms with Crippen LogP contribution in [-0.2, 0) is 32.6 Å². The van der Waals surface area contributed by atoms with Crippen LogP contribution in [0.25, 0.3) is 0 Å². The zero-order chi connectivity index (χ0) is 26.2. The number of aromatic hydroxyl groups is 1. The monoisotopic (exact) mass is 477 g/mol. The molecule has 0 aliphatic carbocycles. The number of aliphatic carboxylic acids is 1. The standard InChI is InChI=1S/C27H43NO6/c1-16(2)19(15-22(28)23(29)13-17(3)26(32)33)14-18-11-12-21(27(4,5)6)20(25(18)31)9-8-10-24(30)34-7/h8,10-12,16-17,19,22-23,29,31H,9,13-15,28H2,1-7H3,(H,32,33)/t17?,19-,22-,23-/m0/s1. The molecule has 1 aromatic rings. The van der Waals surface area contributed by atoms with E-state index in [9.17, 15) is 19.8 Å². The number of phenols is 1. The number of methoxy groups -OCH3 is 1. The number of esters is 1. The van der Waals surface area contributed by atoms with E-state index in [2.05, 4.69) is 39.4 Å². The first kappa shape index (κ1) is 29.7. The van der Waals surface area contributed by atoms with E-state index in [-0.39, 0.29) is 29.4 Å². The Morgan fingerprint density at radius 1 is 1.15 bits per heavy atom. The molecule has 7 heteroatoms. The molecule has 7 nitrogen and oxygen atoms in total. The molecule has 1 unspecified atom stereocenters. The van der Waals surface area contributed by atoms with Gasteiger partial charge in [-0.3, -0.25) is 4.79 Å². The van der Waals surface area contributed by atoms with Crippen molar-refractivity contribution in [3.63, 3.8) is 0 Å². The van der Waals surface area contributed by atoms with Gasteiger partial charge in [0, 0.05) is 17.7 Å². The van der Waals surface area contributed by atoms with Crippen LogP contribution in [0.1, 0.15) is 71.1 Å². The minimum atomic E-state index is -0.954. The fraction of sp³-hybridized carbons (Fsp3) is 0.630. The molecule has 0 spiro atoms. The first-order valence-corrected chi connectivity index (χ1v) is 11.9. The summed E-state index contributed by atoms with van der Waals surface area (Å²) in [5, 5.41) is 30.8. The van der Waals surface area contributed by atoms with Gasteiger partial charge in [-0.1, -0.05) is 59.8 Å². The van der Waals surface area contributed by atoms with E-state index in [1.54, 1.807) is 13.0 Å². The van der Waals surface area contributed by atoms with Crippen LogP contribution < -0.4 is 5.73 Å². The highest BCUT2D eigenvalue weighted by molar-refractivity contribution is 5.81. The van der Waals surface area contributed by atoms with Gasteiger partial charge in [0.1, 0.15) is 5.75 Å². The fourth-order valence-electron chi connectivity index (χ4n) is 4.12. The summed E-state index contributed by atoms with van der Waals surface area (Å²) in [6.07, 6.45) is 3.69. The number of hydrogen-bond acceptors (Lipinski definition) is 6. The van der Waals surface area contributed by atoms with E-state index in [1.807, 2.05) is 12.1 Å². The van der Waals surface area contributed by atoms with Crippen molar-refractivity contribution in [2.45, 2.75) is 84.8 Å². The zero-order valence-electron chi connectivity index (χ0n) is 21.7. The van der Waals surface area contributed by atoms with Crippen LogP contribution in [0.15, 0.2) is 24.3 Å². The summed E-state index contributed by atoms with van der Waals surface area (Å²) >= 11 is 0. The maximum Gasteiger partial charge on any atom is 0.330 e. The van der Waals surface area contributed by atoms with Gasteiger partial charge in [0.05, 0.1) is 19.1 Å². The van der Waals surface area contributed by atoms with Crippen LogP contribution in [0.3, 0.4) is 0 Å². The number of benzene rings is 1. The number of hydrogen-bond donors (Lipinski definition) is 4. The minimum absolute atomic E-state index is 0.0784. The Kier molecular flexibility index (Phi) is 11.3. The minimum Gasteiger partial charge on any atom is -0.507 e. The number of aliphatic hydroxyl groups is 1. The number of carboxylic acids is 1. The maximum absolute atomic E-state index is 11.5. The molecule has 0 amide bonds. The highest BCUT2D eigenvalue weighted by Gasteiger charge is 2.27. The largest absolute Gasteiger partial charge is 0.507 e. The second-order valence-electron chi connectivity index (χ2n) is 10.6. The zero-order valence-corrected chi connectivity index (χ0v) is 21.7. The maximum atomic E-state index is 11.5. The van der Waals surface area contributed by atoms with Crippen molar-refractivity contribution in [3.05, 3.63) is 41.0 Å².